The summed E-state index contributed by atoms with van der Waals surface area (Å²) in [4.78, 5) is 43.7. The van der Waals surface area contributed by atoms with E-state index in [4.69, 9.17) is 5.73 Å². The topological polar surface area (TPSA) is 116 Å². The van der Waals surface area contributed by atoms with Crippen LogP contribution < -0.4 is 11.1 Å². The molecule has 0 aliphatic heterocycles. The quantitative estimate of drug-likeness (QED) is 0.225. The van der Waals surface area contributed by atoms with Crippen LogP contribution in [0, 0.1) is 11.6 Å². The molecular weight excluding hydrogens is 602 g/mol. The molecule has 0 heterocycles. The van der Waals surface area contributed by atoms with Crippen LogP contribution in [-0.4, -0.2) is 77.0 Å². The molecule has 3 atom stereocenters. The van der Waals surface area contributed by atoms with E-state index >= 15 is 0 Å². The van der Waals surface area contributed by atoms with Gasteiger partial charge < -0.3 is 26.0 Å². The van der Waals surface area contributed by atoms with Crippen LogP contribution in [0.25, 0.3) is 11.1 Å². The summed E-state index contributed by atoms with van der Waals surface area (Å²) in [5.74, 6) is -3.60. The van der Waals surface area contributed by atoms with E-state index in [1.165, 1.54) is 35.9 Å². The number of carbonyl (C=O) groups is 3. The Bertz CT molecular complexity index is 1560. The highest BCUT2D eigenvalue weighted by atomic mass is 19.2. The molecule has 3 aromatic rings. The van der Waals surface area contributed by atoms with Crippen LogP contribution in [0.3, 0.4) is 0 Å². The van der Waals surface area contributed by atoms with Crippen molar-refractivity contribution in [1.82, 2.24) is 15.1 Å². The fraction of sp³-hybridized carbons (Fsp3) is 0.378. The molecule has 0 radical (unpaired) electrons. The number of nitrogens with two attached hydrogens (primary N) is 1. The minimum atomic E-state index is -1.15. The Morgan fingerprint density at radius 1 is 0.894 bits per heavy atom. The number of aliphatic hydroxyl groups excluding tert-OH is 1. The predicted molar refractivity (Wildman–Crippen MR) is 178 cm³/mol. The third kappa shape index (κ3) is 9.56. The van der Waals surface area contributed by atoms with E-state index in [1.807, 2.05) is 54.6 Å². The van der Waals surface area contributed by atoms with Gasteiger partial charge in [-0.2, -0.15) is 0 Å². The fourth-order valence-corrected chi connectivity index (χ4v) is 5.63. The van der Waals surface area contributed by atoms with E-state index in [-0.39, 0.29) is 24.9 Å². The van der Waals surface area contributed by atoms with Crippen molar-refractivity contribution in [3.8, 4) is 11.1 Å². The zero-order valence-corrected chi connectivity index (χ0v) is 27.2. The Kier molecular flexibility index (Phi) is 12.0. The van der Waals surface area contributed by atoms with Crippen molar-refractivity contribution in [2.45, 2.75) is 69.2 Å². The highest BCUT2D eigenvalue weighted by molar-refractivity contribution is 5.95. The molecule has 250 valence electrons. The number of nitrogens with zero attached hydrogens (tertiary/aromatic N) is 2. The monoisotopic (exact) mass is 646 g/mol. The second kappa shape index (κ2) is 15.9. The molecule has 10 heteroatoms. The van der Waals surface area contributed by atoms with Crippen LogP contribution >= 0.6 is 0 Å². The Morgan fingerprint density at radius 3 is 2.11 bits per heavy atom. The fourth-order valence-electron chi connectivity index (χ4n) is 5.63. The van der Waals surface area contributed by atoms with E-state index in [0.717, 1.165) is 48.1 Å². The van der Waals surface area contributed by atoms with E-state index in [1.54, 1.807) is 13.1 Å². The molecule has 0 bridgehead atoms. The lowest BCUT2D eigenvalue weighted by Gasteiger charge is -2.37. The molecule has 0 unspecified atom stereocenters. The summed E-state index contributed by atoms with van der Waals surface area (Å²) in [5.41, 5.74) is 9.14. The Hall–Kier alpha value is -4.41. The summed E-state index contributed by atoms with van der Waals surface area (Å²) in [7, 11) is 2.99. The minimum Gasteiger partial charge on any atom is -0.392 e. The molecule has 1 aliphatic carbocycles. The van der Waals surface area contributed by atoms with Crippen LogP contribution in [0.15, 0.2) is 84.9 Å². The number of nitrogens with one attached hydrogen (secondary N) is 1. The molecular formula is C37H44F2N4O4. The molecule has 0 aromatic heterocycles. The number of carbonyl (C=O) groups excluding carboxylic acids is 3. The van der Waals surface area contributed by atoms with Gasteiger partial charge >= 0.3 is 0 Å². The Balaban J connectivity index is 1.62. The SMILES string of the molecule is C[C@@H](O)CNC(=O)[C@@H](Cc1ccc(F)c(F)c1)N(C)C(=O)[C@@H](Cc1ccc(-c2ccccc2)cc1)N(C)C(=O)/C=C/CC1(N)CCC1. The molecule has 4 rings (SSSR count). The molecule has 3 aromatic carbocycles. The van der Waals surface area contributed by atoms with Crippen LogP contribution in [0.4, 0.5) is 8.78 Å². The predicted octanol–water partition coefficient (Wildman–Crippen LogP) is 4.40. The van der Waals surface area contributed by atoms with Crippen LogP contribution in [0.2, 0.25) is 0 Å². The summed E-state index contributed by atoms with van der Waals surface area (Å²) < 4.78 is 27.8. The molecule has 4 N–H and O–H groups in total. The number of rotatable bonds is 14. The number of likely N-dealkylation sites (N-methyl/N-ethyl adjacent to an activating group) is 2. The summed E-state index contributed by atoms with van der Waals surface area (Å²) in [6, 6.07) is 18.7. The van der Waals surface area contributed by atoms with Crippen LogP contribution in [-0.2, 0) is 27.2 Å². The lowest BCUT2D eigenvalue weighted by atomic mass is 9.75. The van der Waals surface area contributed by atoms with E-state index in [2.05, 4.69) is 5.32 Å². The van der Waals surface area contributed by atoms with Crippen molar-refractivity contribution >= 4 is 17.7 Å². The number of halogens is 2. The molecule has 47 heavy (non-hydrogen) atoms. The zero-order valence-electron chi connectivity index (χ0n) is 27.2. The second-order valence-electron chi connectivity index (χ2n) is 12.6. The van der Waals surface area contributed by atoms with Crippen molar-refractivity contribution in [2.75, 3.05) is 20.6 Å². The maximum Gasteiger partial charge on any atom is 0.246 e. The molecule has 1 saturated carbocycles. The lowest BCUT2D eigenvalue weighted by molar-refractivity contribution is -0.146. The van der Waals surface area contributed by atoms with Crippen LogP contribution in [0.5, 0.6) is 0 Å². The van der Waals surface area contributed by atoms with E-state index < -0.39 is 47.5 Å². The number of aliphatic hydroxyl groups is 1. The summed E-state index contributed by atoms with van der Waals surface area (Å²) in [5, 5.41) is 12.4. The van der Waals surface area contributed by atoms with Crippen molar-refractivity contribution in [1.29, 1.82) is 0 Å². The van der Waals surface area contributed by atoms with Crippen molar-refractivity contribution in [3.05, 3.63) is 108 Å². The van der Waals surface area contributed by atoms with Gasteiger partial charge in [-0.05, 0) is 73.1 Å². The molecule has 8 nitrogen and oxygen atoms in total. The van der Waals surface area contributed by atoms with Gasteiger partial charge in [0.05, 0.1) is 6.10 Å². The zero-order chi connectivity index (χ0) is 34.1. The summed E-state index contributed by atoms with van der Waals surface area (Å²) in [6.45, 7) is 1.43. The smallest absolute Gasteiger partial charge is 0.246 e. The number of hydrogen-bond donors (Lipinski definition) is 3. The van der Waals surface area contributed by atoms with E-state index in [9.17, 15) is 28.3 Å². The second-order valence-corrected chi connectivity index (χ2v) is 12.6. The van der Waals surface area contributed by atoms with Gasteiger partial charge in [0.25, 0.3) is 0 Å². The van der Waals surface area contributed by atoms with Gasteiger partial charge in [0.1, 0.15) is 12.1 Å². The highest BCUT2D eigenvalue weighted by Crippen LogP contribution is 2.32. The summed E-state index contributed by atoms with van der Waals surface area (Å²) >= 11 is 0. The molecule has 3 amide bonds. The molecule has 0 spiro atoms. The van der Waals surface area contributed by atoms with Gasteiger partial charge in [0, 0.05) is 39.0 Å². The maximum absolute atomic E-state index is 14.3. The Labute approximate surface area is 275 Å². The normalized spacial score (nSPS) is 15.7. The molecule has 1 fully saturated rings. The van der Waals surface area contributed by atoms with Gasteiger partial charge in [-0.3, -0.25) is 14.4 Å². The Morgan fingerprint density at radius 2 is 1.51 bits per heavy atom. The first kappa shape index (κ1) is 35.4. The van der Waals surface area contributed by atoms with Crippen molar-refractivity contribution < 1.29 is 28.3 Å². The lowest BCUT2D eigenvalue weighted by Crippen LogP contribution is -2.56. The first-order valence-electron chi connectivity index (χ1n) is 15.9. The van der Waals surface area contributed by atoms with E-state index in [0.29, 0.717) is 12.0 Å². The van der Waals surface area contributed by atoms with Gasteiger partial charge in [-0.1, -0.05) is 66.7 Å². The third-order valence-electron chi connectivity index (χ3n) is 8.83. The van der Waals surface area contributed by atoms with Gasteiger partial charge in [-0.15, -0.1) is 0 Å². The first-order valence-corrected chi connectivity index (χ1v) is 15.9. The van der Waals surface area contributed by atoms with Gasteiger partial charge in [-0.25, -0.2) is 8.78 Å². The largest absolute Gasteiger partial charge is 0.392 e. The van der Waals surface area contributed by atoms with Gasteiger partial charge in [0.2, 0.25) is 17.7 Å². The first-order chi connectivity index (χ1) is 22.4. The van der Waals surface area contributed by atoms with Gasteiger partial charge in [0.15, 0.2) is 11.6 Å². The number of benzene rings is 3. The average Bonchev–Trinajstić information content (AvgIpc) is 3.05. The maximum atomic E-state index is 14.3. The number of hydrogen-bond acceptors (Lipinski definition) is 5. The molecule has 0 saturated heterocycles. The van der Waals surface area contributed by atoms with Crippen molar-refractivity contribution in [2.24, 2.45) is 5.73 Å². The summed E-state index contributed by atoms with van der Waals surface area (Å²) in [6.07, 6.45) is 5.74. The standard InChI is InChI=1S/C37H44F2N4O4/c1-25(44)24-41-35(46)32(23-27-14-17-30(38)31(39)21-27)43(3)36(47)33(42(2)34(45)11-7-18-37(40)19-8-20-37)22-26-12-15-29(16-13-26)28-9-5-4-6-10-28/h4-7,9-17,21,25,32-33,44H,8,18-20,22-24,40H2,1-3H3,(H,41,46)/b11-7+/t25-,32-,33-/m1/s1. The minimum absolute atomic E-state index is 0.0713. The van der Waals surface area contributed by atoms with Crippen LogP contribution in [0.1, 0.15) is 43.7 Å². The average molecular weight is 647 g/mol. The molecule has 1 aliphatic rings. The number of amides is 3. The van der Waals surface area contributed by atoms with Crippen molar-refractivity contribution in [3.63, 3.8) is 0 Å². The highest BCUT2D eigenvalue weighted by Gasteiger charge is 2.35. The third-order valence-corrected chi connectivity index (χ3v) is 8.83.